The molecule has 3 rings (SSSR count). The third-order valence-corrected chi connectivity index (χ3v) is 5.30. The van der Waals surface area contributed by atoms with Gasteiger partial charge in [0.25, 0.3) is 21.6 Å². The van der Waals surface area contributed by atoms with Gasteiger partial charge in [0.05, 0.1) is 16.2 Å². The van der Waals surface area contributed by atoms with Crippen LogP contribution in [-0.4, -0.2) is 54.9 Å². The van der Waals surface area contributed by atoms with Crippen LogP contribution in [0.25, 0.3) is 0 Å². The molecule has 0 saturated heterocycles. The Hall–Kier alpha value is -3.25. The number of anilines is 1. The summed E-state index contributed by atoms with van der Waals surface area (Å²) in [7, 11) is -3.51. The molecule has 0 bridgehead atoms. The maximum absolute atomic E-state index is 12.1. The first-order valence-corrected chi connectivity index (χ1v) is 10.0. The van der Waals surface area contributed by atoms with Crippen molar-refractivity contribution in [3.63, 3.8) is 0 Å². The number of rotatable bonds is 5. The van der Waals surface area contributed by atoms with Gasteiger partial charge in [-0.05, 0) is 24.3 Å². The molecule has 1 aromatic rings. The van der Waals surface area contributed by atoms with Gasteiger partial charge >= 0.3 is 5.97 Å². The van der Waals surface area contributed by atoms with Crippen LogP contribution in [0.5, 0.6) is 0 Å². The van der Waals surface area contributed by atoms with E-state index in [1.54, 1.807) is 0 Å². The van der Waals surface area contributed by atoms with E-state index in [2.05, 4.69) is 9.71 Å². The summed E-state index contributed by atoms with van der Waals surface area (Å²) < 4.78 is 31.5. The number of benzene rings is 1. The second kappa shape index (κ2) is 8.01. The first-order chi connectivity index (χ1) is 13.6. The number of fused-ring (bicyclic) bond motifs is 1. The third-order valence-electron chi connectivity index (χ3n) is 3.82. The molecule has 11 nitrogen and oxygen atoms in total. The van der Waals surface area contributed by atoms with Gasteiger partial charge in [0.2, 0.25) is 0 Å². The van der Waals surface area contributed by atoms with Crippen molar-refractivity contribution < 1.29 is 27.7 Å². The maximum atomic E-state index is 12.1. The average Bonchev–Trinajstić information content (AvgIpc) is 2.66. The fraction of sp³-hybridized carbons (Fsp3) is 0.188. The Morgan fingerprint density at radius 2 is 2.10 bits per heavy atom. The molecule has 1 N–H and O–H groups in total. The molecule has 2 aliphatic heterocycles. The quantitative estimate of drug-likeness (QED) is 0.408. The van der Waals surface area contributed by atoms with Crippen molar-refractivity contribution in [1.82, 2.24) is 4.90 Å². The van der Waals surface area contributed by atoms with Gasteiger partial charge < -0.3 is 15.0 Å². The molecule has 13 heteroatoms. The summed E-state index contributed by atoms with van der Waals surface area (Å²) in [5, 5.41) is 13.2. The molecule has 1 aromatic carbocycles. The largest absolute Gasteiger partial charge is 0.452 e. The number of hydrogen-bond donors (Lipinski definition) is 1. The SMILES string of the molecule is O=C(COC(=O)C1=CN2CCS(=O)(=O)N=C2C=C1)Nc1ccc(Cl)c([N+](=O)[O-])c1. The van der Waals surface area contributed by atoms with E-state index in [-0.39, 0.29) is 40.1 Å². The Kier molecular flexibility index (Phi) is 5.66. The normalized spacial score (nSPS) is 16.9. The third kappa shape index (κ3) is 4.97. The Morgan fingerprint density at radius 3 is 2.83 bits per heavy atom. The molecule has 0 unspecified atom stereocenters. The molecular weight excluding hydrogens is 428 g/mol. The number of nitro groups is 1. The predicted octanol–water partition coefficient (Wildman–Crippen LogP) is 1.23. The van der Waals surface area contributed by atoms with Crippen molar-refractivity contribution >= 4 is 50.7 Å². The van der Waals surface area contributed by atoms with Crippen molar-refractivity contribution in [1.29, 1.82) is 0 Å². The molecule has 0 fully saturated rings. The number of carbonyl (C=O) groups excluding carboxylic acids is 2. The topological polar surface area (TPSA) is 148 Å². The molecule has 0 atom stereocenters. The van der Waals surface area contributed by atoms with E-state index in [4.69, 9.17) is 16.3 Å². The first-order valence-electron chi connectivity index (χ1n) is 8.05. The fourth-order valence-electron chi connectivity index (χ4n) is 2.46. The number of amides is 1. The van der Waals surface area contributed by atoms with Crippen LogP contribution in [0.3, 0.4) is 0 Å². The van der Waals surface area contributed by atoms with Crippen LogP contribution in [-0.2, 0) is 24.3 Å². The van der Waals surface area contributed by atoms with Crippen molar-refractivity contribution in [2.24, 2.45) is 4.40 Å². The van der Waals surface area contributed by atoms with Gasteiger partial charge in [-0.2, -0.15) is 0 Å². The number of carbonyl (C=O) groups is 2. The summed E-state index contributed by atoms with van der Waals surface area (Å²) in [6.45, 7) is -0.492. The second-order valence-electron chi connectivity index (χ2n) is 5.89. The molecule has 0 aromatic heterocycles. The van der Waals surface area contributed by atoms with Crippen LogP contribution >= 0.6 is 11.6 Å². The Morgan fingerprint density at radius 1 is 1.34 bits per heavy atom. The van der Waals surface area contributed by atoms with Gasteiger partial charge in [0.1, 0.15) is 10.9 Å². The minimum absolute atomic E-state index is 0.0797. The van der Waals surface area contributed by atoms with Crippen LogP contribution in [0.4, 0.5) is 11.4 Å². The highest BCUT2D eigenvalue weighted by atomic mass is 35.5. The van der Waals surface area contributed by atoms with E-state index in [0.29, 0.717) is 0 Å². The first kappa shape index (κ1) is 20.5. The summed E-state index contributed by atoms with van der Waals surface area (Å²) >= 11 is 5.70. The lowest BCUT2D eigenvalue weighted by molar-refractivity contribution is -0.384. The zero-order valence-corrected chi connectivity index (χ0v) is 16.1. The fourth-order valence-corrected chi connectivity index (χ4v) is 3.62. The lowest BCUT2D eigenvalue weighted by atomic mass is 10.2. The van der Waals surface area contributed by atoms with Crippen LogP contribution < -0.4 is 5.32 Å². The number of nitro benzene ring substituents is 1. The lowest BCUT2D eigenvalue weighted by Crippen LogP contribution is -2.37. The van der Waals surface area contributed by atoms with Crippen molar-refractivity contribution in [2.45, 2.75) is 0 Å². The van der Waals surface area contributed by atoms with Crippen LogP contribution in [0.2, 0.25) is 5.02 Å². The van der Waals surface area contributed by atoms with Crippen LogP contribution in [0.15, 0.2) is 46.5 Å². The van der Waals surface area contributed by atoms with Gasteiger partial charge in [0.15, 0.2) is 6.61 Å². The van der Waals surface area contributed by atoms with Gasteiger partial charge in [-0.25, -0.2) is 13.2 Å². The van der Waals surface area contributed by atoms with Crippen LogP contribution in [0, 0.1) is 10.1 Å². The summed E-state index contributed by atoms with van der Waals surface area (Å²) in [6, 6.07) is 3.71. The summed E-state index contributed by atoms with van der Waals surface area (Å²) in [6.07, 6.45) is 4.08. The van der Waals surface area contributed by atoms with Gasteiger partial charge in [-0.3, -0.25) is 14.9 Å². The number of halogens is 1. The van der Waals surface area contributed by atoms with E-state index in [1.165, 1.54) is 35.4 Å². The Balaban J connectivity index is 1.58. The van der Waals surface area contributed by atoms with E-state index in [0.717, 1.165) is 6.07 Å². The highest BCUT2D eigenvalue weighted by Crippen LogP contribution is 2.27. The average molecular weight is 441 g/mol. The zero-order chi connectivity index (χ0) is 21.2. The molecule has 152 valence electrons. The maximum Gasteiger partial charge on any atom is 0.340 e. The highest BCUT2D eigenvalue weighted by molar-refractivity contribution is 7.90. The summed E-state index contributed by atoms with van der Waals surface area (Å²) in [5.41, 5.74) is -0.146. The van der Waals surface area contributed by atoms with Gasteiger partial charge in [-0.15, -0.1) is 4.40 Å². The minimum Gasteiger partial charge on any atom is -0.452 e. The number of ether oxygens (including phenoxy) is 1. The number of hydrogen-bond acceptors (Lipinski definition) is 8. The summed E-state index contributed by atoms with van der Waals surface area (Å²) in [4.78, 5) is 35.7. The monoisotopic (exact) mass is 440 g/mol. The molecule has 0 saturated carbocycles. The van der Waals surface area contributed by atoms with Gasteiger partial charge in [0, 0.05) is 24.5 Å². The Labute approximate surface area is 169 Å². The number of nitrogens with zero attached hydrogens (tertiary/aromatic N) is 3. The number of amidine groups is 1. The van der Waals surface area contributed by atoms with Gasteiger partial charge in [-0.1, -0.05) is 11.6 Å². The number of sulfonamides is 1. The smallest absolute Gasteiger partial charge is 0.340 e. The standard InChI is InChI=1S/C16H13ClN4O7S/c17-12-3-2-11(7-13(12)21(24)25)18-15(22)9-28-16(23)10-1-4-14-19-29(26,27)6-5-20(14)8-10/h1-4,7-8H,5-6,9H2,(H,18,22). The highest BCUT2D eigenvalue weighted by Gasteiger charge is 2.25. The summed E-state index contributed by atoms with van der Waals surface area (Å²) in [5.74, 6) is -1.50. The molecule has 0 radical (unpaired) electrons. The van der Waals surface area contributed by atoms with E-state index in [1.807, 2.05) is 0 Å². The molecule has 2 heterocycles. The molecule has 1 amide bonds. The minimum atomic E-state index is -3.51. The van der Waals surface area contributed by atoms with Crippen LogP contribution in [0.1, 0.15) is 0 Å². The molecular formula is C16H13ClN4O7S. The molecule has 29 heavy (non-hydrogen) atoms. The Bertz CT molecular complexity index is 1090. The van der Waals surface area contributed by atoms with E-state index in [9.17, 15) is 28.1 Å². The van der Waals surface area contributed by atoms with Crippen molar-refractivity contribution in [2.75, 3.05) is 24.2 Å². The predicted molar refractivity (Wildman–Crippen MR) is 103 cm³/mol. The zero-order valence-electron chi connectivity index (χ0n) is 14.6. The lowest BCUT2D eigenvalue weighted by Gasteiger charge is -2.26. The second-order valence-corrected chi connectivity index (χ2v) is 8.06. The molecule has 0 spiro atoms. The van der Waals surface area contributed by atoms with E-state index < -0.39 is 33.4 Å². The van der Waals surface area contributed by atoms with Crippen molar-refractivity contribution in [3.8, 4) is 0 Å². The van der Waals surface area contributed by atoms with Crippen molar-refractivity contribution in [3.05, 3.63) is 57.3 Å². The van der Waals surface area contributed by atoms with E-state index >= 15 is 0 Å². The molecule has 0 aliphatic carbocycles. The number of esters is 1. The number of nitrogens with one attached hydrogen (secondary N) is 1. The molecule has 2 aliphatic rings.